The van der Waals surface area contributed by atoms with Crippen molar-refractivity contribution in [2.24, 2.45) is 5.92 Å². The van der Waals surface area contributed by atoms with Gasteiger partial charge in [-0.2, -0.15) is 0 Å². The van der Waals surface area contributed by atoms with Crippen molar-refractivity contribution in [3.8, 4) is 5.75 Å². The molecule has 0 bridgehead atoms. The van der Waals surface area contributed by atoms with Crippen LogP contribution in [0.3, 0.4) is 0 Å². The van der Waals surface area contributed by atoms with E-state index in [2.05, 4.69) is 16.3 Å². The Morgan fingerprint density at radius 2 is 1.90 bits per heavy atom. The summed E-state index contributed by atoms with van der Waals surface area (Å²) in [6.45, 7) is 11.6. The van der Waals surface area contributed by atoms with E-state index in [1.165, 1.54) is 0 Å². The molecule has 0 aromatic heterocycles. The van der Waals surface area contributed by atoms with E-state index in [1.807, 2.05) is 33.8 Å². The molecule has 1 amide bonds. The van der Waals surface area contributed by atoms with Gasteiger partial charge >= 0.3 is 5.97 Å². The summed E-state index contributed by atoms with van der Waals surface area (Å²) in [4.78, 5) is 29.9. The lowest BCUT2D eigenvalue weighted by Crippen LogP contribution is -2.43. The minimum Gasteiger partial charge on any atom is -0.495 e. The van der Waals surface area contributed by atoms with Gasteiger partial charge in [0.25, 0.3) is 0 Å². The molecule has 1 fully saturated rings. The van der Waals surface area contributed by atoms with Crippen LogP contribution < -0.4 is 19.9 Å². The molecule has 0 unspecified atom stereocenters. The lowest BCUT2D eigenvalue weighted by Gasteiger charge is -2.32. The van der Waals surface area contributed by atoms with E-state index >= 15 is 0 Å². The first-order chi connectivity index (χ1) is 13.7. The molecule has 0 radical (unpaired) electrons. The average Bonchev–Trinajstić information content (AvgIpc) is 2.81. The second kappa shape index (κ2) is 8.61. The summed E-state index contributed by atoms with van der Waals surface area (Å²) in [5, 5.41) is 3.37. The first-order valence-electron chi connectivity index (χ1n) is 10.5. The van der Waals surface area contributed by atoms with Gasteiger partial charge in [0.2, 0.25) is 5.91 Å². The Balaban J connectivity index is 1.96. The Morgan fingerprint density at radius 1 is 1.21 bits per heavy atom. The second-order valence-corrected chi connectivity index (χ2v) is 8.60. The Bertz CT molecular complexity index is 766. The highest BCUT2D eigenvalue weighted by Gasteiger charge is 2.37. The summed E-state index contributed by atoms with van der Waals surface area (Å²) in [6.07, 6.45) is 1.09. The maximum absolute atomic E-state index is 13.2. The number of aryl methyl sites for hydroxylation is 1. The van der Waals surface area contributed by atoms with Crippen LogP contribution in [-0.4, -0.2) is 57.3 Å². The van der Waals surface area contributed by atoms with Gasteiger partial charge in [0.15, 0.2) is 0 Å². The molecule has 1 N–H and O–H groups in total. The number of nitrogens with one attached hydrogen (secondary N) is 1. The fourth-order valence-corrected chi connectivity index (χ4v) is 4.02. The largest absolute Gasteiger partial charge is 0.495 e. The number of amides is 1. The molecule has 29 heavy (non-hydrogen) atoms. The zero-order valence-electron chi connectivity index (χ0n) is 18.2. The number of esters is 1. The summed E-state index contributed by atoms with van der Waals surface area (Å²) in [5.41, 5.74) is 2.33. The van der Waals surface area contributed by atoms with Crippen LogP contribution in [0.1, 0.15) is 39.7 Å². The Kier molecular flexibility index (Phi) is 6.36. The third-order valence-electron chi connectivity index (χ3n) is 5.40. The zero-order chi connectivity index (χ0) is 21.2. The number of carbonyl (C=O) groups excluding carboxylic acids is 2. The number of hydrogen-bond acceptors (Lipinski definition) is 6. The van der Waals surface area contributed by atoms with Crippen LogP contribution in [0.4, 0.5) is 11.4 Å². The molecule has 0 aliphatic carbocycles. The molecule has 2 aliphatic rings. The zero-order valence-corrected chi connectivity index (χ0v) is 18.2. The Hall–Kier alpha value is -2.28. The summed E-state index contributed by atoms with van der Waals surface area (Å²) in [6, 6.07) is 4.08. The van der Waals surface area contributed by atoms with E-state index in [-0.39, 0.29) is 5.91 Å². The molecular weight excluding hydrogens is 370 g/mol. The third-order valence-corrected chi connectivity index (χ3v) is 5.40. The van der Waals surface area contributed by atoms with E-state index < -0.39 is 17.5 Å². The topological polar surface area (TPSA) is 71.1 Å². The maximum Gasteiger partial charge on any atom is 0.319 e. The van der Waals surface area contributed by atoms with Gasteiger partial charge in [0.1, 0.15) is 17.3 Å². The van der Waals surface area contributed by atoms with Crippen molar-refractivity contribution < 1.29 is 19.1 Å². The molecule has 1 aromatic carbocycles. The second-order valence-electron chi connectivity index (χ2n) is 8.60. The summed E-state index contributed by atoms with van der Waals surface area (Å²) in [5.74, 6) is -0.664. The highest BCUT2D eigenvalue weighted by atomic mass is 16.6. The van der Waals surface area contributed by atoms with Gasteiger partial charge in [0.05, 0.1) is 18.5 Å². The lowest BCUT2D eigenvalue weighted by molar-refractivity contribution is -0.162. The number of anilines is 2. The molecule has 2 aliphatic heterocycles. The number of fused-ring (bicyclic) bond motifs is 1. The van der Waals surface area contributed by atoms with E-state index in [4.69, 9.17) is 9.47 Å². The van der Waals surface area contributed by atoms with Crippen LogP contribution in [0.5, 0.6) is 5.75 Å². The number of ether oxygens (including phenoxy) is 2. The summed E-state index contributed by atoms with van der Waals surface area (Å²) < 4.78 is 11.2. The van der Waals surface area contributed by atoms with Crippen LogP contribution in [-0.2, 0) is 20.7 Å². The predicted octanol–water partition coefficient (Wildman–Crippen LogP) is 2.36. The fraction of sp³-hybridized carbons (Fsp3) is 0.636. The molecule has 1 saturated heterocycles. The number of benzene rings is 1. The normalized spacial score (nSPS) is 20.2. The number of methoxy groups -OCH3 is 1. The van der Waals surface area contributed by atoms with Gasteiger partial charge in [-0.3, -0.25) is 9.59 Å². The number of rotatable bonds is 4. The van der Waals surface area contributed by atoms with Crippen molar-refractivity contribution in [1.82, 2.24) is 5.32 Å². The summed E-state index contributed by atoms with van der Waals surface area (Å²) in [7, 11) is 1.66. The van der Waals surface area contributed by atoms with E-state index in [9.17, 15) is 9.59 Å². The van der Waals surface area contributed by atoms with Crippen LogP contribution >= 0.6 is 0 Å². The molecule has 160 valence electrons. The molecule has 3 rings (SSSR count). The van der Waals surface area contributed by atoms with Crippen molar-refractivity contribution in [2.75, 3.05) is 49.6 Å². The molecule has 7 nitrogen and oxygen atoms in total. The van der Waals surface area contributed by atoms with Gasteiger partial charge in [-0.1, -0.05) is 0 Å². The highest BCUT2D eigenvalue weighted by Crippen LogP contribution is 2.39. The minimum absolute atomic E-state index is 0.197. The highest BCUT2D eigenvalue weighted by molar-refractivity contribution is 6.07. The SMILES string of the molecule is CCN1C(=O)[C@@H](C(=O)OC(C)(C)C)CCc2cc(N3CCNCC3)c(OC)cc21. The number of carbonyl (C=O) groups is 2. The first-order valence-corrected chi connectivity index (χ1v) is 10.5. The van der Waals surface area contributed by atoms with Gasteiger partial charge in [-0.25, -0.2) is 0 Å². The third kappa shape index (κ3) is 4.66. The minimum atomic E-state index is -0.782. The predicted molar refractivity (Wildman–Crippen MR) is 114 cm³/mol. The molecule has 1 atom stereocenters. The lowest BCUT2D eigenvalue weighted by atomic mass is 9.99. The van der Waals surface area contributed by atoms with Gasteiger partial charge in [-0.15, -0.1) is 0 Å². The fourth-order valence-electron chi connectivity index (χ4n) is 4.02. The smallest absolute Gasteiger partial charge is 0.319 e. The Morgan fingerprint density at radius 3 is 2.48 bits per heavy atom. The van der Waals surface area contributed by atoms with Gasteiger partial charge < -0.3 is 24.6 Å². The van der Waals surface area contributed by atoms with Crippen molar-refractivity contribution in [3.63, 3.8) is 0 Å². The molecule has 0 spiro atoms. The molecule has 2 heterocycles. The molecule has 7 heteroatoms. The first kappa shape index (κ1) is 21.4. The molecule has 1 aromatic rings. The molecular formula is C22H33N3O4. The van der Waals surface area contributed by atoms with Crippen LogP contribution in [0.15, 0.2) is 12.1 Å². The van der Waals surface area contributed by atoms with E-state index in [0.29, 0.717) is 19.4 Å². The van der Waals surface area contributed by atoms with Gasteiger partial charge in [-0.05, 0) is 52.2 Å². The van der Waals surface area contributed by atoms with Crippen molar-refractivity contribution >= 4 is 23.3 Å². The number of nitrogens with zero attached hydrogens (tertiary/aromatic N) is 2. The Labute approximate surface area is 173 Å². The number of piperazine rings is 1. The van der Waals surface area contributed by atoms with Crippen LogP contribution in [0.2, 0.25) is 0 Å². The monoisotopic (exact) mass is 403 g/mol. The van der Waals surface area contributed by atoms with E-state index in [1.54, 1.807) is 12.0 Å². The van der Waals surface area contributed by atoms with Crippen molar-refractivity contribution in [3.05, 3.63) is 17.7 Å². The maximum atomic E-state index is 13.2. The van der Waals surface area contributed by atoms with Crippen molar-refractivity contribution in [1.29, 1.82) is 0 Å². The van der Waals surface area contributed by atoms with Crippen LogP contribution in [0.25, 0.3) is 0 Å². The number of hydrogen-bond donors (Lipinski definition) is 1. The summed E-state index contributed by atoms with van der Waals surface area (Å²) >= 11 is 0. The van der Waals surface area contributed by atoms with E-state index in [0.717, 1.165) is 48.9 Å². The van der Waals surface area contributed by atoms with Gasteiger partial charge in [0, 0.05) is 38.8 Å². The van der Waals surface area contributed by atoms with Crippen molar-refractivity contribution in [2.45, 2.75) is 46.1 Å². The standard InChI is InChI=1S/C22H33N3O4/c1-6-25-17-14-19(28-5)18(24-11-9-23-10-12-24)13-15(17)7-8-16(20(25)26)21(27)29-22(2,3)4/h13-14,16,23H,6-12H2,1-5H3/t16-/m0/s1. The molecule has 0 saturated carbocycles. The quantitative estimate of drug-likeness (QED) is 0.615. The average molecular weight is 404 g/mol. The van der Waals surface area contributed by atoms with Crippen LogP contribution in [0, 0.1) is 5.92 Å².